The molecule has 1 aliphatic carbocycles. The Balaban J connectivity index is 1.11. The highest BCUT2D eigenvalue weighted by Gasteiger charge is 2.25. The van der Waals surface area contributed by atoms with Crippen molar-refractivity contribution < 1.29 is 4.79 Å². The molecule has 6 rings (SSSR count). The first kappa shape index (κ1) is 25.8. The molecule has 4 heterocycles. The summed E-state index contributed by atoms with van der Waals surface area (Å²) < 4.78 is 1.16. The fraction of sp³-hybridized carbons (Fsp3) is 0.433. The molecule has 0 unspecified atom stereocenters. The number of pyridine rings is 1. The van der Waals surface area contributed by atoms with Crippen molar-refractivity contribution in [2.75, 3.05) is 45.1 Å². The van der Waals surface area contributed by atoms with Crippen LogP contribution in [0.5, 0.6) is 0 Å². The molecule has 0 saturated heterocycles. The zero-order valence-electron chi connectivity index (χ0n) is 22.8. The smallest absolute Gasteiger partial charge is 0.320 e. The van der Waals surface area contributed by atoms with Crippen LogP contribution in [-0.4, -0.2) is 81.5 Å². The Bertz CT molecular complexity index is 1490. The van der Waals surface area contributed by atoms with Crippen molar-refractivity contribution in [1.29, 1.82) is 0 Å². The first-order chi connectivity index (χ1) is 19.1. The summed E-state index contributed by atoms with van der Waals surface area (Å²) in [5.74, 6) is 0. The first-order valence-electron chi connectivity index (χ1n) is 14.1. The van der Waals surface area contributed by atoms with Gasteiger partial charge in [-0.2, -0.15) is 0 Å². The van der Waals surface area contributed by atoms with Crippen molar-refractivity contribution in [1.82, 2.24) is 29.7 Å². The number of fused-ring (bicyclic) bond motifs is 2. The highest BCUT2D eigenvalue weighted by atomic mass is 32.1. The molecule has 1 fully saturated rings. The van der Waals surface area contributed by atoms with E-state index in [0.29, 0.717) is 12.6 Å². The third kappa shape index (κ3) is 5.51. The van der Waals surface area contributed by atoms with Crippen molar-refractivity contribution in [3.63, 3.8) is 0 Å². The Morgan fingerprint density at radius 3 is 2.85 bits per heavy atom. The maximum atomic E-state index is 13.3. The Labute approximate surface area is 233 Å². The first-order valence-corrected chi connectivity index (χ1v) is 15.0. The Kier molecular flexibility index (Phi) is 7.52. The zero-order chi connectivity index (χ0) is 26.8. The van der Waals surface area contributed by atoms with Gasteiger partial charge in [-0.15, -0.1) is 11.3 Å². The number of anilines is 2. The van der Waals surface area contributed by atoms with Gasteiger partial charge >= 0.3 is 6.03 Å². The number of hydrogen-bond donors (Lipinski definition) is 2. The third-order valence-corrected chi connectivity index (χ3v) is 9.08. The van der Waals surface area contributed by atoms with Crippen molar-refractivity contribution in [2.45, 2.75) is 45.1 Å². The van der Waals surface area contributed by atoms with Gasteiger partial charge in [-0.3, -0.25) is 0 Å². The quantitative estimate of drug-likeness (QED) is 0.272. The number of H-pyrrole nitrogens is 1. The summed E-state index contributed by atoms with van der Waals surface area (Å²) in [5.41, 5.74) is 8.10. The Hall–Kier alpha value is -3.43. The van der Waals surface area contributed by atoms with Gasteiger partial charge in [0.15, 0.2) is 0 Å². The van der Waals surface area contributed by atoms with E-state index < -0.39 is 0 Å². The van der Waals surface area contributed by atoms with E-state index in [9.17, 15) is 4.79 Å². The number of carbonyl (C=O) groups excluding carboxylic acids is 1. The summed E-state index contributed by atoms with van der Waals surface area (Å²) in [6.07, 6.45) is 10.1. The van der Waals surface area contributed by atoms with E-state index in [-0.39, 0.29) is 6.03 Å². The van der Waals surface area contributed by atoms with Gasteiger partial charge in [0.05, 0.1) is 21.4 Å². The van der Waals surface area contributed by atoms with Crippen LogP contribution < -0.4 is 5.32 Å². The van der Waals surface area contributed by atoms with Crippen LogP contribution in [0.15, 0.2) is 48.1 Å². The number of hydrogen-bond acceptors (Lipinski definition) is 6. The van der Waals surface area contributed by atoms with E-state index in [1.807, 2.05) is 33.6 Å². The number of aromatic amines is 1. The average molecular weight is 544 g/mol. The van der Waals surface area contributed by atoms with Gasteiger partial charge in [-0.25, -0.2) is 14.8 Å². The monoisotopic (exact) mass is 543 g/mol. The highest BCUT2D eigenvalue weighted by Crippen LogP contribution is 2.31. The fourth-order valence-corrected chi connectivity index (χ4v) is 6.60. The summed E-state index contributed by atoms with van der Waals surface area (Å²) in [4.78, 5) is 32.2. The number of nitrogens with one attached hydrogen (secondary N) is 2. The molecule has 2 N–H and O–H groups in total. The molecule has 0 atom stereocenters. The van der Waals surface area contributed by atoms with Gasteiger partial charge in [-0.05, 0) is 69.1 Å². The predicted molar refractivity (Wildman–Crippen MR) is 161 cm³/mol. The number of benzene rings is 1. The summed E-state index contributed by atoms with van der Waals surface area (Å²) >= 11 is 1.64. The molecule has 4 aromatic rings. The minimum Gasteiger partial charge on any atom is -0.355 e. The second-order valence-electron chi connectivity index (χ2n) is 10.7. The molecule has 8 nitrogen and oxygen atoms in total. The SMILES string of the molecule is CCN(CCN(C)C1CCCC1)C(=O)N1CC=C(c2cc3c(Nc4ccc5ncsc5c4)ccnc3[nH]2)CC1. The third-order valence-electron chi connectivity index (χ3n) is 8.29. The topological polar surface area (TPSA) is 80.4 Å². The molecule has 9 heteroatoms. The lowest BCUT2D eigenvalue weighted by atomic mass is 10.0. The minimum atomic E-state index is 0.148. The molecule has 2 amide bonds. The lowest BCUT2D eigenvalue weighted by Gasteiger charge is -2.33. The van der Waals surface area contributed by atoms with Crippen molar-refractivity contribution in [3.8, 4) is 0 Å². The van der Waals surface area contributed by atoms with Gasteiger partial charge < -0.3 is 25.0 Å². The molecular formula is C30H37N7OS. The van der Waals surface area contributed by atoms with Crippen LogP contribution in [0.1, 0.15) is 44.7 Å². The average Bonchev–Trinajstić information content (AvgIpc) is 3.74. The molecule has 1 saturated carbocycles. The van der Waals surface area contributed by atoms with E-state index in [0.717, 1.165) is 70.9 Å². The van der Waals surface area contributed by atoms with Gasteiger partial charge in [0.25, 0.3) is 0 Å². The standard InChI is InChI=1S/C30H37N7OS/c1-3-36(17-16-35(2)23-6-4-5-7-23)30(38)37-14-11-21(12-15-37)27-19-24-25(10-13-31-29(24)34-27)33-22-8-9-26-28(18-22)39-20-32-26/h8-11,13,18-20,23H,3-7,12,14-17H2,1-2H3,(H2,31,33,34). The number of rotatable bonds is 8. The van der Waals surface area contributed by atoms with Crippen LogP contribution in [0.2, 0.25) is 0 Å². The second kappa shape index (κ2) is 11.4. The van der Waals surface area contributed by atoms with Crippen LogP contribution in [0, 0.1) is 0 Å². The Morgan fingerprint density at radius 2 is 2.05 bits per heavy atom. The number of nitrogens with zero attached hydrogens (tertiary/aromatic N) is 5. The lowest BCUT2D eigenvalue weighted by Crippen LogP contribution is -2.47. The number of carbonyl (C=O) groups is 1. The molecule has 39 heavy (non-hydrogen) atoms. The van der Waals surface area contributed by atoms with Crippen LogP contribution in [-0.2, 0) is 0 Å². The number of amides is 2. The van der Waals surface area contributed by atoms with Crippen LogP contribution in [0.25, 0.3) is 26.8 Å². The van der Waals surface area contributed by atoms with Gasteiger partial charge in [0.2, 0.25) is 0 Å². The minimum absolute atomic E-state index is 0.148. The lowest BCUT2D eigenvalue weighted by molar-refractivity contribution is 0.147. The van der Waals surface area contributed by atoms with Crippen molar-refractivity contribution >= 4 is 55.6 Å². The maximum absolute atomic E-state index is 13.3. The predicted octanol–water partition coefficient (Wildman–Crippen LogP) is 6.32. The molecule has 3 aromatic heterocycles. The summed E-state index contributed by atoms with van der Waals surface area (Å²) in [6, 6.07) is 11.3. The van der Waals surface area contributed by atoms with Crippen molar-refractivity contribution in [3.05, 3.63) is 53.8 Å². The number of aromatic nitrogens is 3. The van der Waals surface area contributed by atoms with Gasteiger partial charge in [0, 0.05) is 61.7 Å². The Morgan fingerprint density at radius 1 is 1.18 bits per heavy atom. The molecule has 0 bridgehead atoms. The molecule has 0 spiro atoms. The van der Waals surface area contributed by atoms with Gasteiger partial charge in [0.1, 0.15) is 5.65 Å². The van der Waals surface area contributed by atoms with Crippen LogP contribution in [0.3, 0.4) is 0 Å². The fourth-order valence-electron chi connectivity index (χ4n) is 5.88. The molecule has 1 aliphatic heterocycles. The van der Waals surface area contributed by atoms with Crippen LogP contribution in [0.4, 0.5) is 16.2 Å². The van der Waals surface area contributed by atoms with E-state index in [2.05, 4.69) is 63.4 Å². The second-order valence-corrected chi connectivity index (χ2v) is 11.6. The van der Waals surface area contributed by atoms with Crippen molar-refractivity contribution in [2.24, 2.45) is 0 Å². The van der Waals surface area contributed by atoms with E-state index in [1.54, 1.807) is 11.3 Å². The molecule has 204 valence electrons. The van der Waals surface area contributed by atoms with E-state index >= 15 is 0 Å². The molecule has 1 aromatic carbocycles. The molecule has 0 radical (unpaired) electrons. The summed E-state index contributed by atoms with van der Waals surface area (Å²) in [6.45, 7) is 5.90. The van der Waals surface area contributed by atoms with Crippen LogP contribution >= 0.6 is 11.3 Å². The normalized spacial score (nSPS) is 16.4. The highest BCUT2D eigenvalue weighted by molar-refractivity contribution is 7.16. The number of thiazole rings is 1. The number of likely N-dealkylation sites (N-methyl/N-ethyl adjacent to an activating group) is 2. The summed E-state index contributed by atoms with van der Waals surface area (Å²) in [7, 11) is 2.21. The van der Waals surface area contributed by atoms with Gasteiger partial charge in [-0.1, -0.05) is 18.9 Å². The largest absolute Gasteiger partial charge is 0.355 e. The molecular weight excluding hydrogens is 506 g/mol. The zero-order valence-corrected chi connectivity index (χ0v) is 23.6. The number of urea groups is 1. The molecule has 2 aliphatic rings. The van der Waals surface area contributed by atoms with E-state index in [1.165, 1.54) is 31.3 Å². The van der Waals surface area contributed by atoms with E-state index in [4.69, 9.17) is 0 Å². The maximum Gasteiger partial charge on any atom is 0.320 e. The summed E-state index contributed by atoms with van der Waals surface area (Å²) in [5, 5.41) is 4.62.